The van der Waals surface area contributed by atoms with Gasteiger partial charge < -0.3 is 4.57 Å². The topological polar surface area (TPSA) is 42.3 Å². The van der Waals surface area contributed by atoms with Gasteiger partial charge in [-0.3, -0.25) is 0 Å². The second-order valence-electron chi connectivity index (χ2n) is 5.20. The molecule has 1 aromatic heterocycles. The van der Waals surface area contributed by atoms with Crippen LogP contribution in [-0.2, 0) is 17.1 Å². The molecule has 0 aliphatic carbocycles. The van der Waals surface area contributed by atoms with Gasteiger partial charge in [-0.15, -0.1) is 0 Å². The molecule has 0 saturated heterocycles. The number of sulfonamides is 1. The zero-order chi connectivity index (χ0) is 16.8. The van der Waals surface area contributed by atoms with Gasteiger partial charge in [-0.1, -0.05) is 30.4 Å². The number of alkyl halides is 3. The highest BCUT2D eigenvalue weighted by molar-refractivity contribution is 7.90. The van der Waals surface area contributed by atoms with Crippen molar-refractivity contribution < 1.29 is 21.6 Å². The number of halogens is 3. The summed E-state index contributed by atoms with van der Waals surface area (Å²) in [6.07, 6.45) is 6.64. The molecule has 23 heavy (non-hydrogen) atoms. The average Bonchev–Trinajstić information content (AvgIpc) is 2.84. The third-order valence-corrected chi connectivity index (χ3v) is 5.12. The quantitative estimate of drug-likeness (QED) is 0.839. The van der Waals surface area contributed by atoms with Gasteiger partial charge in [0.05, 0.1) is 0 Å². The highest BCUT2D eigenvalue weighted by atomic mass is 32.2. The lowest BCUT2D eigenvalue weighted by Gasteiger charge is -2.22. The first-order valence-corrected chi connectivity index (χ1v) is 8.16. The number of allylic oxidation sites excluding steroid dienone is 2. The first-order chi connectivity index (χ1) is 10.7. The number of hydrogen-bond acceptors (Lipinski definition) is 2. The molecule has 0 bridgehead atoms. The molecule has 0 N–H and O–H groups in total. The second kappa shape index (κ2) is 5.16. The number of nitrogens with zero attached hydrogens (tertiary/aromatic N) is 2. The molecule has 0 fully saturated rings. The lowest BCUT2D eigenvalue weighted by Crippen LogP contribution is -2.35. The van der Waals surface area contributed by atoms with Gasteiger partial charge in [-0.05, 0) is 11.6 Å². The van der Waals surface area contributed by atoms with Gasteiger partial charge in [0.2, 0.25) is 0 Å². The SMILES string of the molecule is Cn1cc(C2C=CN(S(=O)(=O)C(F)(F)F)C=C2)c2ccccc21. The van der Waals surface area contributed by atoms with Crippen LogP contribution in [0.1, 0.15) is 11.5 Å². The van der Waals surface area contributed by atoms with Crippen LogP contribution in [0.5, 0.6) is 0 Å². The maximum atomic E-state index is 12.5. The third-order valence-electron chi connectivity index (χ3n) is 3.74. The van der Waals surface area contributed by atoms with Crippen molar-refractivity contribution in [3.8, 4) is 0 Å². The van der Waals surface area contributed by atoms with E-state index in [0.29, 0.717) is 0 Å². The van der Waals surface area contributed by atoms with E-state index in [-0.39, 0.29) is 10.2 Å². The summed E-state index contributed by atoms with van der Waals surface area (Å²) in [7, 11) is -3.51. The Morgan fingerprint density at radius 3 is 2.30 bits per heavy atom. The van der Waals surface area contributed by atoms with Crippen LogP contribution in [0.25, 0.3) is 10.9 Å². The Bertz CT molecular complexity index is 896. The van der Waals surface area contributed by atoms with Crippen molar-refractivity contribution in [1.82, 2.24) is 8.87 Å². The van der Waals surface area contributed by atoms with Crippen molar-refractivity contribution in [3.63, 3.8) is 0 Å². The fraction of sp³-hybridized carbons (Fsp3) is 0.200. The van der Waals surface area contributed by atoms with E-state index in [0.717, 1.165) is 28.9 Å². The Morgan fingerprint density at radius 2 is 1.70 bits per heavy atom. The van der Waals surface area contributed by atoms with Crippen LogP contribution >= 0.6 is 0 Å². The molecular formula is C15H13F3N2O2S. The Labute approximate surface area is 131 Å². The molecule has 3 rings (SSSR count). The van der Waals surface area contributed by atoms with E-state index in [1.165, 1.54) is 12.2 Å². The van der Waals surface area contributed by atoms with E-state index >= 15 is 0 Å². The largest absolute Gasteiger partial charge is 0.517 e. The van der Waals surface area contributed by atoms with Gasteiger partial charge >= 0.3 is 15.5 Å². The van der Waals surface area contributed by atoms with E-state index in [1.54, 1.807) is 0 Å². The summed E-state index contributed by atoms with van der Waals surface area (Å²) >= 11 is 0. The number of para-hydroxylation sites is 1. The minimum Gasteiger partial charge on any atom is -0.350 e. The molecule has 2 heterocycles. The van der Waals surface area contributed by atoms with Gasteiger partial charge in [-0.2, -0.15) is 21.6 Å². The zero-order valence-electron chi connectivity index (χ0n) is 12.0. The maximum absolute atomic E-state index is 12.5. The van der Waals surface area contributed by atoms with Crippen LogP contribution in [0, 0.1) is 0 Å². The van der Waals surface area contributed by atoms with E-state index in [4.69, 9.17) is 0 Å². The predicted molar refractivity (Wildman–Crippen MR) is 80.8 cm³/mol. The fourth-order valence-electron chi connectivity index (χ4n) is 2.59. The number of fused-ring (bicyclic) bond motifs is 1. The standard InChI is InChI=1S/C15H13F3N2O2S/c1-19-10-13(12-4-2-3-5-14(12)19)11-6-8-20(9-7-11)23(21,22)15(16,17)18/h2-11H,1H3. The minimum absolute atomic E-state index is 0.189. The van der Waals surface area contributed by atoms with Crippen LogP contribution in [-0.4, -0.2) is 22.8 Å². The molecule has 1 aliphatic rings. The molecule has 1 aromatic carbocycles. The zero-order valence-corrected chi connectivity index (χ0v) is 12.8. The van der Waals surface area contributed by atoms with Crippen LogP contribution < -0.4 is 0 Å². The van der Waals surface area contributed by atoms with E-state index < -0.39 is 15.5 Å². The summed E-state index contributed by atoms with van der Waals surface area (Å²) in [6.45, 7) is 0. The number of aromatic nitrogens is 1. The molecule has 8 heteroatoms. The average molecular weight is 342 g/mol. The van der Waals surface area contributed by atoms with E-state index in [9.17, 15) is 21.6 Å². The Balaban J connectivity index is 1.95. The van der Waals surface area contributed by atoms with Crippen molar-refractivity contribution in [2.24, 2.45) is 7.05 Å². The van der Waals surface area contributed by atoms with E-state index in [2.05, 4.69) is 0 Å². The highest BCUT2D eigenvalue weighted by Gasteiger charge is 2.49. The molecule has 0 saturated carbocycles. The lowest BCUT2D eigenvalue weighted by molar-refractivity contribution is -0.0468. The molecule has 0 unspecified atom stereocenters. The fourth-order valence-corrected chi connectivity index (χ4v) is 3.29. The smallest absolute Gasteiger partial charge is 0.350 e. The summed E-state index contributed by atoms with van der Waals surface area (Å²) in [5, 5.41) is 0.974. The molecule has 0 radical (unpaired) electrons. The molecule has 122 valence electrons. The first-order valence-electron chi connectivity index (χ1n) is 6.72. The van der Waals surface area contributed by atoms with Crippen molar-refractivity contribution in [3.05, 3.63) is 60.6 Å². The monoisotopic (exact) mass is 342 g/mol. The van der Waals surface area contributed by atoms with Crippen LogP contribution in [0.2, 0.25) is 0 Å². The Morgan fingerprint density at radius 1 is 1.09 bits per heavy atom. The Hall–Kier alpha value is -2.22. The van der Waals surface area contributed by atoms with Crippen LogP contribution in [0.3, 0.4) is 0 Å². The summed E-state index contributed by atoms with van der Waals surface area (Å²) in [6, 6.07) is 7.64. The van der Waals surface area contributed by atoms with E-state index in [1.807, 2.05) is 42.1 Å². The van der Waals surface area contributed by atoms with Crippen molar-refractivity contribution in [1.29, 1.82) is 0 Å². The van der Waals surface area contributed by atoms with Gasteiger partial charge in [0, 0.05) is 42.5 Å². The molecular weight excluding hydrogens is 329 g/mol. The lowest BCUT2D eigenvalue weighted by atomic mass is 9.97. The first kappa shape index (κ1) is 15.7. The van der Waals surface area contributed by atoms with Crippen molar-refractivity contribution >= 4 is 20.9 Å². The second-order valence-corrected chi connectivity index (χ2v) is 7.04. The maximum Gasteiger partial charge on any atom is 0.517 e. The number of rotatable bonds is 2. The normalized spacial score (nSPS) is 16.4. The number of benzene rings is 1. The number of aryl methyl sites for hydroxylation is 1. The summed E-state index contributed by atoms with van der Waals surface area (Å²) in [5.74, 6) is -0.291. The molecule has 0 atom stereocenters. The van der Waals surface area contributed by atoms with Crippen molar-refractivity contribution in [2.75, 3.05) is 0 Å². The third kappa shape index (κ3) is 2.52. The van der Waals surface area contributed by atoms with Crippen LogP contribution in [0.15, 0.2) is 55.0 Å². The van der Waals surface area contributed by atoms with Crippen molar-refractivity contribution in [2.45, 2.75) is 11.4 Å². The Kier molecular flexibility index (Phi) is 3.51. The van der Waals surface area contributed by atoms with Gasteiger partial charge in [-0.25, -0.2) is 4.31 Å². The van der Waals surface area contributed by atoms with Gasteiger partial charge in [0.15, 0.2) is 0 Å². The molecule has 1 aliphatic heterocycles. The summed E-state index contributed by atoms with van der Waals surface area (Å²) in [5.41, 5.74) is -3.43. The summed E-state index contributed by atoms with van der Waals surface area (Å²) < 4.78 is 62.5. The van der Waals surface area contributed by atoms with Crippen LogP contribution in [0.4, 0.5) is 13.2 Å². The molecule has 0 spiro atoms. The molecule has 2 aromatic rings. The summed E-state index contributed by atoms with van der Waals surface area (Å²) in [4.78, 5) is 0. The van der Waals surface area contributed by atoms with Gasteiger partial charge in [0.25, 0.3) is 0 Å². The number of hydrogen-bond donors (Lipinski definition) is 0. The predicted octanol–water partition coefficient (Wildman–Crippen LogP) is 3.45. The molecule has 4 nitrogen and oxygen atoms in total. The highest BCUT2D eigenvalue weighted by Crippen LogP contribution is 2.34. The molecule has 0 amide bonds. The minimum atomic E-state index is -5.39. The van der Waals surface area contributed by atoms with Gasteiger partial charge in [0.1, 0.15) is 0 Å².